The zero-order valence-corrected chi connectivity index (χ0v) is 13.2. The Bertz CT molecular complexity index is 696. The van der Waals surface area contributed by atoms with Crippen molar-refractivity contribution < 1.29 is 9.47 Å². The van der Waals surface area contributed by atoms with Crippen molar-refractivity contribution in [3.8, 4) is 11.5 Å². The van der Waals surface area contributed by atoms with E-state index in [2.05, 4.69) is 15.4 Å². The van der Waals surface area contributed by atoms with Gasteiger partial charge >= 0.3 is 0 Å². The fourth-order valence-electron chi connectivity index (χ4n) is 2.29. The molecule has 7 heteroatoms. The molecule has 0 saturated heterocycles. The topological polar surface area (TPSA) is 86.7 Å². The monoisotopic (exact) mass is 315 g/mol. The van der Waals surface area contributed by atoms with Gasteiger partial charge in [-0.3, -0.25) is 9.67 Å². The second kappa shape index (κ2) is 7.04. The molecule has 122 valence electrons. The summed E-state index contributed by atoms with van der Waals surface area (Å²) in [6.45, 7) is 4.59. The number of benzene rings is 1. The largest absolute Gasteiger partial charge is 0.490 e. The molecule has 7 nitrogen and oxygen atoms in total. The van der Waals surface area contributed by atoms with Crippen molar-refractivity contribution in [2.75, 3.05) is 25.1 Å². The molecule has 2 aromatic rings. The Morgan fingerprint density at radius 1 is 1.35 bits per heavy atom. The number of nitrogens with two attached hydrogens (primary N) is 1. The van der Waals surface area contributed by atoms with Crippen LogP contribution in [0.4, 0.5) is 5.69 Å². The number of nitrogens with one attached hydrogen (secondary N) is 1. The molecule has 1 aliphatic heterocycles. The summed E-state index contributed by atoms with van der Waals surface area (Å²) in [4.78, 5) is 4.30. The van der Waals surface area contributed by atoms with E-state index in [0.29, 0.717) is 32.3 Å². The van der Waals surface area contributed by atoms with Crippen LogP contribution in [-0.2, 0) is 6.54 Å². The van der Waals surface area contributed by atoms with Gasteiger partial charge in [0.1, 0.15) is 0 Å². The number of hydrogen-bond acceptors (Lipinski definition) is 4. The van der Waals surface area contributed by atoms with Crippen molar-refractivity contribution >= 4 is 11.6 Å². The van der Waals surface area contributed by atoms with E-state index in [-0.39, 0.29) is 0 Å². The van der Waals surface area contributed by atoms with Gasteiger partial charge in [-0.05, 0) is 24.6 Å². The van der Waals surface area contributed by atoms with Crippen LogP contribution in [0.5, 0.6) is 11.5 Å². The molecule has 23 heavy (non-hydrogen) atoms. The Morgan fingerprint density at radius 2 is 2.17 bits per heavy atom. The number of anilines is 1. The molecule has 1 aromatic heterocycles. The second-order valence-corrected chi connectivity index (χ2v) is 5.38. The number of aromatic nitrogens is 2. The number of fused-ring (bicyclic) bond motifs is 1. The number of aryl methyl sites for hydroxylation is 1. The highest BCUT2D eigenvalue weighted by Gasteiger charge is 2.10. The van der Waals surface area contributed by atoms with Gasteiger partial charge in [-0.25, -0.2) is 0 Å². The Labute approximate surface area is 135 Å². The van der Waals surface area contributed by atoms with E-state index in [1.807, 2.05) is 42.2 Å². The van der Waals surface area contributed by atoms with Gasteiger partial charge < -0.3 is 20.5 Å². The van der Waals surface area contributed by atoms with Gasteiger partial charge in [0.05, 0.1) is 32.5 Å². The Hall–Kier alpha value is -2.70. The summed E-state index contributed by atoms with van der Waals surface area (Å²) < 4.78 is 13.1. The van der Waals surface area contributed by atoms with Gasteiger partial charge in [0.2, 0.25) is 0 Å². The SMILES string of the molecule is Cc1cnn(CCN=C(N)Nc2ccc3c(c2)OCCCO3)c1. The number of ether oxygens (including phenoxy) is 2. The van der Waals surface area contributed by atoms with E-state index in [1.165, 1.54) is 0 Å². The smallest absolute Gasteiger partial charge is 0.193 e. The predicted molar refractivity (Wildman–Crippen MR) is 89.1 cm³/mol. The fraction of sp³-hybridized carbons (Fsp3) is 0.375. The second-order valence-electron chi connectivity index (χ2n) is 5.38. The van der Waals surface area contributed by atoms with E-state index in [4.69, 9.17) is 15.2 Å². The lowest BCUT2D eigenvalue weighted by molar-refractivity contribution is 0.297. The van der Waals surface area contributed by atoms with E-state index < -0.39 is 0 Å². The minimum Gasteiger partial charge on any atom is -0.490 e. The van der Waals surface area contributed by atoms with Crippen molar-refractivity contribution in [2.45, 2.75) is 19.9 Å². The summed E-state index contributed by atoms with van der Waals surface area (Å²) in [5.74, 6) is 1.85. The highest BCUT2D eigenvalue weighted by Crippen LogP contribution is 2.32. The standard InChI is InChI=1S/C16H21N5O2/c1-12-10-19-21(11-12)6-5-18-16(17)20-13-3-4-14-15(9-13)23-8-2-7-22-14/h3-4,9-11H,2,5-8H2,1H3,(H3,17,18,20). The first-order valence-electron chi connectivity index (χ1n) is 7.66. The number of aliphatic imine (C=N–C) groups is 1. The molecule has 0 saturated carbocycles. The number of rotatable bonds is 4. The summed E-state index contributed by atoms with van der Waals surface area (Å²) >= 11 is 0. The number of guanidine groups is 1. The van der Waals surface area contributed by atoms with Crippen LogP contribution in [0.15, 0.2) is 35.6 Å². The van der Waals surface area contributed by atoms with Crippen LogP contribution >= 0.6 is 0 Å². The molecule has 0 fully saturated rings. The number of hydrogen-bond donors (Lipinski definition) is 2. The van der Waals surface area contributed by atoms with E-state index in [1.54, 1.807) is 0 Å². The van der Waals surface area contributed by atoms with Crippen LogP contribution in [0.1, 0.15) is 12.0 Å². The van der Waals surface area contributed by atoms with Gasteiger partial charge in [0.25, 0.3) is 0 Å². The first-order chi connectivity index (χ1) is 11.2. The minimum atomic E-state index is 0.364. The maximum Gasteiger partial charge on any atom is 0.193 e. The van der Waals surface area contributed by atoms with Gasteiger partial charge in [-0.2, -0.15) is 5.10 Å². The Kier molecular flexibility index (Phi) is 4.65. The van der Waals surface area contributed by atoms with Gasteiger partial charge in [-0.15, -0.1) is 0 Å². The Balaban J connectivity index is 1.57. The molecule has 0 bridgehead atoms. The third-order valence-electron chi connectivity index (χ3n) is 3.39. The maximum absolute atomic E-state index is 5.92. The molecule has 0 aliphatic carbocycles. The van der Waals surface area contributed by atoms with E-state index in [9.17, 15) is 0 Å². The lowest BCUT2D eigenvalue weighted by atomic mass is 10.3. The van der Waals surface area contributed by atoms with Crippen molar-refractivity contribution in [1.29, 1.82) is 0 Å². The molecular weight excluding hydrogens is 294 g/mol. The molecule has 1 aromatic carbocycles. The van der Waals surface area contributed by atoms with Crippen molar-refractivity contribution in [3.63, 3.8) is 0 Å². The Morgan fingerprint density at radius 3 is 2.96 bits per heavy atom. The first kappa shape index (κ1) is 15.2. The van der Waals surface area contributed by atoms with Crippen molar-refractivity contribution in [1.82, 2.24) is 9.78 Å². The number of nitrogens with zero attached hydrogens (tertiary/aromatic N) is 3. The van der Waals surface area contributed by atoms with Gasteiger partial charge in [0.15, 0.2) is 17.5 Å². The van der Waals surface area contributed by atoms with Gasteiger partial charge in [-0.1, -0.05) is 0 Å². The minimum absolute atomic E-state index is 0.364. The summed E-state index contributed by atoms with van der Waals surface area (Å²) in [6, 6.07) is 5.65. The van der Waals surface area contributed by atoms with Crippen molar-refractivity contribution in [3.05, 3.63) is 36.2 Å². The zero-order valence-electron chi connectivity index (χ0n) is 13.2. The molecule has 1 aliphatic rings. The molecule has 0 atom stereocenters. The summed E-state index contributed by atoms with van der Waals surface area (Å²) in [7, 11) is 0. The summed E-state index contributed by atoms with van der Waals surface area (Å²) in [5.41, 5.74) is 7.88. The molecule has 3 N–H and O–H groups in total. The van der Waals surface area contributed by atoms with Crippen molar-refractivity contribution in [2.24, 2.45) is 10.7 Å². The molecule has 2 heterocycles. The van der Waals surface area contributed by atoms with Crippen LogP contribution in [0.3, 0.4) is 0 Å². The lowest BCUT2D eigenvalue weighted by Crippen LogP contribution is -2.23. The predicted octanol–water partition coefficient (Wildman–Crippen LogP) is 1.78. The van der Waals surface area contributed by atoms with Crippen LogP contribution in [0, 0.1) is 6.92 Å². The van der Waals surface area contributed by atoms with E-state index >= 15 is 0 Å². The molecule has 0 amide bonds. The molecule has 0 spiro atoms. The molecular formula is C16H21N5O2. The van der Waals surface area contributed by atoms with Crippen LogP contribution < -0.4 is 20.5 Å². The van der Waals surface area contributed by atoms with E-state index in [0.717, 1.165) is 29.2 Å². The first-order valence-corrected chi connectivity index (χ1v) is 7.66. The van der Waals surface area contributed by atoms with Gasteiger partial charge in [0, 0.05) is 24.4 Å². The van der Waals surface area contributed by atoms with Crippen LogP contribution in [-0.4, -0.2) is 35.5 Å². The average Bonchev–Trinajstić information content (AvgIpc) is 2.81. The highest BCUT2D eigenvalue weighted by molar-refractivity contribution is 5.92. The lowest BCUT2D eigenvalue weighted by Gasteiger charge is -2.10. The fourth-order valence-corrected chi connectivity index (χ4v) is 2.29. The zero-order chi connectivity index (χ0) is 16.1. The molecule has 3 rings (SSSR count). The molecule has 0 unspecified atom stereocenters. The summed E-state index contributed by atoms with van der Waals surface area (Å²) in [5, 5.41) is 7.28. The highest BCUT2D eigenvalue weighted by atomic mass is 16.5. The third kappa shape index (κ3) is 4.15. The maximum atomic E-state index is 5.92. The summed E-state index contributed by atoms with van der Waals surface area (Å²) in [6.07, 6.45) is 4.68. The van der Waals surface area contributed by atoms with Crippen LogP contribution in [0.2, 0.25) is 0 Å². The van der Waals surface area contributed by atoms with Crippen LogP contribution in [0.25, 0.3) is 0 Å². The average molecular weight is 315 g/mol. The third-order valence-corrected chi connectivity index (χ3v) is 3.39. The normalized spacial score (nSPS) is 14.4. The molecule has 0 radical (unpaired) electrons. The quantitative estimate of drug-likeness (QED) is 0.663.